The first-order valence-electron chi connectivity index (χ1n) is 11.4. The van der Waals surface area contributed by atoms with Crippen molar-refractivity contribution in [3.63, 3.8) is 0 Å². The Hall–Kier alpha value is -3.37. The first-order valence-corrected chi connectivity index (χ1v) is 12.9. The molecule has 0 unspecified atom stereocenters. The van der Waals surface area contributed by atoms with E-state index in [4.69, 9.17) is 9.47 Å². The highest BCUT2D eigenvalue weighted by Gasteiger charge is 2.27. The minimum Gasteiger partial charge on any atom is -0.490 e. The van der Waals surface area contributed by atoms with Crippen molar-refractivity contribution in [1.29, 1.82) is 0 Å². The standard InChI is InChI=1S/C25H30N4O5S/c1-17-22(19(3)29(26-17)20-9-6-5-7-10-20)16-28(4)25(30)18(2)27-35(31,32)21-11-12-23-24(15-21)34-14-8-13-33-23/h5-7,9-12,15,18,27H,8,13-14,16H2,1-4H3/t18-/m1/s1. The van der Waals surface area contributed by atoms with Gasteiger partial charge in [-0.2, -0.15) is 9.82 Å². The molecule has 1 amide bonds. The van der Waals surface area contributed by atoms with Crippen molar-refractivity contribution in [2.45, 2.75) is 44.7 Å². The van der Waals surface area contributed by atoms with Gasteiger partial charge in [0.05, 0.1) is 35.5 Å². The number of likely N-dealkylation sites (N-methyl/N-ethyl adjacent to an activating group) is 1. The molecule has 0 bridgehead atoms. The number of sulfonamides is 1. The molecule has 1 atom stereocenters. The van der Waals surface area contributed by atoms with Crippen LogP contribution in [0.25, 0.3) is 5.69 Å². The maximum atomic E-state index is 13.1. The van der Waals surface area contributed by atoms with Crippen molar-refractivity contribution in [2.75, 3.05) is 20.3 Å². The minimum absolute atomic E-state index is 0.0138. The van der Waals surface area contributed by atoms with Crippen LogP contribution in [0.4, 0.5) is 0 Å². The summed E-state index contributed by atoms with van der Waals surface area (Å²) in [5.41, 5.74) is 3.59. The molecule has 0 saturated heterocycles. The highest BCUT2D eigenvalue weighted by Crippen LogP contribution is 2.32. The van der Waals surface area contributed by atoms with Gasteiger partial charge in [-0.3, -0.25) is 4.79 Å². The number of rotatable bonds is 7. The van der Waals surface area contributed by atoms with Crippen LogP contribution in [-0.2, 0) is 21.4 Å². The first-order chi connectivity index (χ1) is 16.7. The van der Waals surface area contributed by atoms with Gasteiger partial charge in [-0.1, -0.05) is 18.2 Å². The molecule has 2 heterocycles. The van der Waals surface area contributed by atoms with Crippen LogP contribution in [0.15, 0.2) is 53.4 Å². The lowest BCUT2D eigenvalue weighted by Crippen LogP contribution is -2.45. The van der Waals surface area contributed by atoms with Crippen molar-refractivity contribution >= 4 is 15.9 Å². The number of nitrogens with zero attached hydrogens (tertiary/aromatic N) is 3. The first kappa shape index (κ1) is 24.7. The molecule has 10 heteroatoms. The minimum atomic E-state index is -3.95. The van der Waals surface area contributed by atoms with E-state index in [2.05, 4.69) is 9.82 Å². The number of amides is 1. The van der Waals surface area contributed by atoms with Gasteiger partial charge in [-0.25, -0.2) is 13.1 Å². The second-order valence-corrected chi connectivity index (χ2v) is 10.3. The Balaban J connectivity index is 1.46. The van der Waals surface area contributed by atoms with Crippen molar-refractivity contribution in [3.05, 3.63) is 65.5 Å². The van der Waals surface area contributed by atoms with Gasteiger partial charge in [0.1, 0.15) is 0 Å². The number of benzene rings is 2. The normalized spacial score (nSPS) is 14.3. The van der Waals surface area contributed by atoms with Crippen LogP contribution >= 0.6 is 0 Å². The molecule has 3 aromatic rings. The average Bonchev–Trinajstić information content (AvgIpc) is 3.00. The maximum Gasteiger partial charge on any atom is 0.241 e. The molecule has 35 heavy (non-hydrogen) atoms. The quantitative estimate of drug-likeness (QED) is 0.537. The van der Waals surface area contributed by atoms with Crippen LogP contribution in [0.3, 0.4) is 0 Å². The van der Waals surface area contributed by atoms with E-state index in [0.717, 1.165) is 29.1 Å². The van der Waals surface area contributed by atoms with E-state index in [-0.39, 0.29) is 10.8 Å². The molecular weight excluding hydrogens is 468 g/mol. The average molecular weight is 499 g/mol. The zero-order chi connectivity index (χ0) is 25.2. The van der Waals surface area contributed by atoms with Crippen LogP contribution in [0.5, 0.6) is 11.5 Å². The number of fused-ring (bicyclic) bond motifs is 1. The van der Waals surface area contributed by atoms with Crippen LogP contribution in [0, 0.1) is 13.8 Å². The van der Waals surface area contributed by atoms with Crippen molar-refractivity contribution < 1.29 is 22.7 Å². The molecule has 9 nitrogen and oxygen atoms in total. The lowest BCUT2D eigenvalue weighted by atomic mass is 10.1. The monoisotopic (exact) mass is 498 g/mol. The molecular formula is C25H30N4O5S. The van der Waals surface area contributed by atoms with Crippen LogP contribution in [-0.4, -0.2) is 55.3 Å². The number of hydrogen-bond donors (Lipinski definition) is 1. The topological polar surface area (TPSA) is 103 Å². The zero-order valence-corrected chi connectivity index (χ0v) is 21.1. The molecule has 1 aliphatic rings. The summed E-state index contributed by atoms with van der Waals surface area (Å²) in [4.78, 5) is 14.6. The third-order valence-corrected chi connectivity index (χ3v) is 7.48. The predicted octanol–water partition coefficient (Wildman–Crippen LogP) is 2.98. The van der Waals surface area contributed by atoms with Crippen LogP contribution < -0.4 is 14.2 Å². The lowest BCUT2D eigenvalue weighted by Gasteiger charge is -2.22. The number of carbonyl (C=O) groups excluding carboxylic acids is 1. The van der Waals surface area contributed by atoms with Gasteiger partial charge in [0.2, 0.25) is 15.9 Å². The van der Waals surface area contributed by atoms with Crippen molar-refractivity contribution in [1.82, 2.24) is 19.4 Å². The van der Waals surface area contributed by atoms with E-state index < -0.39 is 16.1 Å². The molecule has 1 aromatic heterocycles. The fourth-order valence-corrected chi connectivity index (χ4v) is 5.24. The molecule has 1 N–H and O–H groups in total. The number of ether oxygens (including phenoxy) is 2. The van der Waals surface area contributed by atoms with E-state index in [9.17, 15) is 13.2 Å². The molecule has 0 fully saturated rings. The smallest absolute Gasteiger partial charge is 0.241 e. The van der Waals surface area contributed by atoms with Crippen molar-refractivity contribution in [2.24, 2.45) is 0 Å². The summed E-state index contributed by atoms with van der Waals surface area (Å²) in [6.45, 7) is 6.65. The van der Waals surface area contributed by atoms with E-state index >= 15 is 0 Å². The van der Waals surface area contributed by atoms with Gasteiger partial charge in [0.25, 0.3) is 0 Å². The summed E-state index contributed by atoms with van der Waals surface area (Å²) in [6, 6.07) is 13.2. The van der Waals surface area contributed by atoms with Crippen molar-refractivity contribution in [3.8, 4) is 17.2 Å². The Morgan fingerprint density at radius 2 is 1.80 bits per heavy atom. The molecule has 0 spiro atoms. The second kappa shape index (κ2) is 10.1. The molecule has 2 aromatic carbocycles. The Kier molecular flexibility index (Phi) is 7.13. The highest BCUT2D eigenvalue weighted by atomic mass is 32.2. The number of aryl methyl sites for hydroxylation is 1. The summed E-state index contributed by atoms with van der Waals surface area (Å²) in [7, 11) is -2.30. The third kappa shape index (κ3) is 5.33. The SMILES string of the molecule is Cc1nn(-c2ccccc2)c(C)c1CN(C)C(=O)[C@@H](C)NS(=O)(=O)c1ccc2c(c1)OCCCO2. The Labute approximate surface area is 205 Å². The fraction of sp³-hybridized carbons (Fsp3) is 0.360. The Morgan fingerprint density at radius 3 is 2.51 bits per heavy atom. The number of carbonyl (C=O) groups is 1. The number of aromatic nitrogens is 2. The lowest BCUT2D eigenvalue weighted by molar-refractivity contribution is -0.131. The van der Waals surface area contributed by atoms with Gasteiger partial charge in [-0.15, -0.1) is 0 Å². The summed E-state index contributed by atoms with van der Waals surface area (Å²) >= 11 is 0. The summed E-state index contributed by atoms with van der Waals surface area (Å²) in [5, 5.41) is 4.62. The molecule has 4 rings (SSSR count). The van der Waals surface area contributed by atoms with Crippen LogP contribution in [0.1, 0.15) is 30.3 Å². The summed E-state index contributed by atoms with van der Waals surface area (Å²) in [6.07, 6.45) is 0.718. The predicted molar refractivity (Wildman–Crippen MR) is 131 cm³/mol. The maximum absolute atomic E-state index is 13.1. The number of para-hydroxylation sites is 1. The van der Waals surface area contributed by atoms with Gasteiger partial charge in [0, 0.05) is 37.3 Å². The molecule has 1 aliphatic heterocycles. The largest absolute Gasteiger partial charge is 0.490 e. The van der Waals surface area contributed by atoms with Gasteiger partial charge in [-0.05, 0) is 45.0 Å². The van der Waals surface area contributed by atoms with Gasteiger partial charge < -0.3 is 14.4 Å². The van der Waals surface area contributed by atoms with Gasteiger partial charge >= 0.3 is 0 Å². The van der Waals surface area contributed by atoms with Gasteiger partial charge in [0.15, 0.2) is 11.5 Å². The second-order valence-electron chi connectivity index (χ2n) is 8.59. The summed E-state index contributed by atoms with van der Waals surface area (Å²) in [5.74, 6) is 0.532. The Bertz CT molecular complexity index is 1320. The third-order valence-electron chi connectivity index (χ3n) is 5.95. The zero-order valence-electron chi connectivity index (χ0n) is 20.3. The number of nitrogens with one attached hydrogen (secondary N) is 1. The molecule has 0 aliphatic carbocycles. The fourth-order valence-electron chi connectivity index (χ4n) is 4.03. The summed E-state index contributed by atoms with van der Waals surface area (Å²) < 4.78 is 41.4. The van der Waals surface area contributed by atoms with E-state index in [1.165, 1.54) is 24.0 Å². The molecule has 186 valence electrons. The van der Waals surface area contributed by atoms with E-state index in [1.807, 2.05) is 48.9 Å². The Morgan fingerprint density at radius 1 is 1.11 bits per heavy atom. The van der Waals surface area contributed by atoms with E-state index in [1.54, 1.807) is 13.1 Å². The van der Waals surface area contributed by atoms with Crippen LogP contribution in [0.2, 0.25) is 0 Å². The molecule has 0 radical (unpaired) electrons. The number of hydrogen-bond acceptors (Lipinski definition) is 6. The molecule has 0 saturated carbocycles. The van der Waals surface area contributed by atoms with E-state index in [0.29, 0.717) is 31.3 Å². The highest BCUT2D eigenvalue weighted by molar-refractivity contribution is 7.89.